The summed E-state index contributed by atoms with van der Waals surface area (Å²) in [5.41, 5.74) is 2.16. The smallest absolute Gasteiger partial charge is 0.317 e. The van der Waals surface area contributed by atoms with E-state index in [1.807, 2.05) is 28.3 Å². The van der Waals surface area contributed by atoms with Crippen molar-refractivity contribution in [3.8, 4) is 0 Å². The summed E-state index contributed by atoms with van der Waals surface area (Å²) >= 11 is 0. The summed E-state index contributed by atoms with van der Waals surface area (Å²) in [6.07, 6.45) is 3.13. The fourth-order valence-corrected chi connectivity index (χ4v) is 3.75. The van der Waals surface area contributed by atoms with Crippen molar-refractivity contribution in [1.82, 2.24) is 24.9 Å². The molecule has 1 aromatic heterocycles. The molecule has 150 valence electrons. The third kappa shape index (κ3) is 5.22. The van der Waals surface area contributed by atoms with Gasteiger partial charge in [-0.1, -0.05) is 0 Å². The number of hydrogen-bond donors (Lipinski definition) is 1. The Bertz CT molecular complexity index is 654. The third-order valence-electron chi connectivity index (χ3n) is 5.23. The average molecular weight is 377 g/mol. The van der Waals surface area contributed by atoms with Crippen LogP contribution in [-0.4, -0.2) is 77.0 Å². The van der Waals surface area contributed by atoms with E-state index in [1.54, 1.807) is 0 Å². The normalized spacial score (nSPS) is 20.6. The molecule has 2 fully saturated rings. The van der Waals surface area contributed by atoms with E-state index >= 15 is 0 Å². The molecule has 8 nitrogen and oxygen atoms in total. The molecule has 0 aromatic carbocycles. The van der Waals surface area contributed by atoms with E-state index in [9.17, 15) is 9.59 Å². The molecule has 2 aliphatic heterocycles. The lowest BCUT2D eigenvalue weighted by atomic mass is 10.2. The monoisotopic (exact) mass is 377 g/mol. The van der Waals surface area contributed by atoms with Gasteiger partial charge in [0.25, 0.3) is 5.91 Å². The highest BCUT2D eigenvalue weighted by Gasteiger charge is 2.30. The molecule has 0 bridgehead atoms. The highest BCUT2D eigenvalue weighted by molar-refractivity contribution is 5.81. The number of aryl methyl sites for hydroxylation is 3. The molecular weight excluding hydrogens is 346 g/mol. The summed E-state index contributed by atoms with van der Waals surface area (Å²) < 4.78 is 7.48. The molecule has 0 spiro atoms. The molecule has 2 aliphatic rings. The average Bonchev–Trinajstić information content (AvgIpc) is 3.21. The maximum atomic E-state index is 12.5. The summed E-state index contributed by atoms with van der Waals surface area (Å²) in [4.78, 5) is 28.6. The summed E-state index contributed by atoms with van der Waals surface area (Å²) in [7, 11) is 0. The lowest BCUT2D eigenvalue weighted by Gasteiger charge is -2.24. The maximum Gasteiger partial charge on any atom is 0.317 e. The number of nitrogens with zero attached hydrogens (tertiary/aromatic N) is 4. The van der Waals surface area contributed by atoms with E-state index in [4.69, 9.17) is 4.74 Å². The Morgan fingerprint density at radius 2 is 1.96 bits per heavy atom. The van der Waals surface area contributed by atoms with E-state index in [2.05, 4.69) is 16.5 Å². The van der Waals surface area contributed by atoms with Crippen LogP contribution in [-0.2, 0) is 16.1 Å². The molecule has 0 aliphatic carbocycles. The first-order chi connectivity index (χ1) is 13.0. The predicted octanol–water partition coefficient (Wildman–Crippen LogP) is 1.31. The summed E-state index contributed by atoms with van der Waals surface area (Å²) in [6.45, 7) is 8.64. The minimum absolute atomic E-state index is 0.0465. The minimum atomic E-state index is -0.278. The summed E-state index contributed by atoms with van der Waals surface area (Å²) in [6, 6.07) is 2.01. The number of aromatic nitrogens is 2. The van der Waals surface area contributed by atoms with Crippen molar-refractivity contribution in [3.63, 3.8) is 0 Å². The van der Waals surface area contributed by atoms with Crippen LogP contribution in [0.5, 0.6) is 0 Å². The lowest BCUT2D eigenvalue weighted by Crippen LogP contribution is -2.44. The second kappa shape index (κ2) is 9.21. The van der Waals surface area contributed by atoms with E-state index < -0.39 is 0 Å². The standard InChI is InChI=1S/C19H31N5O3/c1-15-14-16(2)24(21-15)10-4-7-20-19(26)23-9-5-8-22(11-12-23)18(25)17-6-3-13-27-17/h14,17H,3-13H2,1-2H3,(H,20,26). The van der Waals surface area contributed by atoms with Gasteiger partial charge < -0.3 is 19.9 Å². The summed E-state index contributed by atoms with van der Waals surface area (Å²) in [5, 5.41) is 7.43. The molecule has 1 atom stereocenters. The molecule has 1 N–H and O–H groups in total. The molecular formula is C19H31N5O3. The minimum Gasteiger partial charge on any atom is -0.368 e. The van der Waals surface area contributed by atoms with Crippen LogP contribution in [0.4, 0.5) is 4.79 Å². The largest absolute Gasteiger partial charge is 0.368 e. The van der Waals surface area contributed by atoms with Crippen molar-refractivity contribution in [2.45, 2.75) is 52.2 Å². The van der Waals surface area contributed by atoms with Gasteiger partial charge in [-0.15, -0.1) is 0 Å². The number of rotatable bonds is 5. The van der Waals surface area contributed by atoms with Gasteiger partial charge in [-0.3, -0.25) is 9.48 Å². The van der Waals surface area contributed by atoms with Gasteiger partial charge in [0.2, 0.25) is 0 Å². The third-order valence-corrected chi connectivity index (χ3v) is 5.23. The number of carbonyl (C=O) groups excluding carboxylic acids is 2. The van der Waals surface area contributed by atoms with Crippen molar-refractivity contribution in [1.29, 1.82) is 0 Å². The molecule has 27 heavy (non-hydrogen) atoms. The van der Waals surface area contributed by atoms with Crippen molar-refractivity contribution < 1.29 is 14.3 Å². The van der Waals surface area contributed by atoms with E-state index in [0.717, 1.165) is 43.6 Å². The van der Waals surface area contributed by atoms with Gasteiger partial charge in [0.15, 0.2) is 0 Å². The Labute approximate surface area is 160 Å². The molecule has 0 radical (unpaired) electrons. The SMILES string of the molecule is Cc1cc(C)n(CCCNC(=O)N2CCCN(C(=O)C3CCCO3)CC2)n1. The van der Waals surface area contributed by atoms with E-state index in [-0.39, 0.29) is 18.0 Å². The van der Waals surface area contributed by atoms with Gasteiger partial charge in [0, 0.05) is 51.6 Å². The number of urea groups is 1. The molecule has 2 saturated heterocycles. The van der Waals surface area contributed by atoms with Gasteiger partial charge in [-0.05, 0) is 45.6 Å². The molecule has 1 aromatic rings. The number of ether oxygens (including phenoxy) is 1. The van der Waals surface area contributed by atoms with Crippen LogP contribution in [0.15, 0.2) is 6.07 Å². The molecule has 3 heterocycles. The Balaban J connectivity index is 1.38. The first-order valence-electron chi connectivity index (χ1n) is 9.99. The second-order valence-corrected chi connectivity index (χ2v) is 7.40. The molecule has 3 amide bonds. The Morgan fingerprint density at radius 1 is 1.19 bits per heavy atom. The predicted molar refractivity (Wildman–Crippen MR) is 101 cm³/mol. The molecule has 8 heteroatoms. The van der Waals surface area contributed by atoms with Gasteiger partial charge >= 0.3 is 6.03 Å². The van der Waals surface area contributed by atoms with Crippen LogP contribution in [0.25, 0.3) is 0 Å². The van der Waals surface area contributed by atoms with E-state index in [0.29, 0.717) is 39.3 Å². The van der Waals surface area contributed by atoms with Crippen LogP contribution in [0.3, 0.4) is 0 Å². The number of amides is 3. The highest BCUT2D eigenvalue weighted by atomic mass is 16.5. The number of hydrogen-bond acceptors (Lipinski definition) is 4. The topological polar surface area (TPSA) is 79.7 Å². The fourth-order valence-electron chi connectivity index (χ4n) is 3.75. The van der Waals surface area contributed by atoms with Gasteiger partial charge in [0.1, 0.15) is 6.10 Å². The first kappa shape index (κ1) is 19.7. The van der Waals surface area contributed by atoms with Crippen LogP contribution >= 0.6 is 0 Å². The fraction of sp³-hybridized carbons (Fsp3) is 0.737. The Kier molecular flexibility index (Phi) is 6.71. The summed E-state index contributed by atoms with van der Waals surface area (Å²) in [5.74, 6) is 0.0830. The van der Waals surface area contributed by atoms with Crippen molar-refractivity contribution in [2.75, 3.05) is 39.3 Å². The molecule has 1 unspecified atom stereocenters. The zero-order valence-electron chi connectivity index (χ0n) is 16.4. The zero-order chi connectivity index (χ0) is 19.2. The Morgan fingerprint density at radius 3 is 2.67 bits per heavy atom. The van der Waals surface area contributed by atoms with Crippen molar-refractivity contribution >= 4 is 11.9 Å². The molecule has 3 rings (SSSR count). The quantitative estimate of drug-likeness (QED) is 0.785. The Hall–Kier alpha value is -2.09. The van der Waals surface area contributed by atoms with Gasteiger partial charge in [-0.2, -0.15) is 5.10 Å². The van der Waals surface area contributed by atoms with Crippen LogP contribution < -0.4 is 5.32 Å². The molecule has 0 saturated carbocycles. The second-order valence-electron chi connectivity index (χ2n) is 7.40. The number of carbonyl (C=O) groups is 2. The van der Waals surface area contributed by atoms with Crippen molar-refractivity contribution in [2.24, 2.45) is 0 Å². The van der Waals surface area contributed by atoms with Gasteiger partial charge in [0.05, 0.1) is 5.69 Å². The van der Waals surface area contributed by atoms with Gasteiger partial charge in [-0.25, -0.2) is 4.79 Å². The van der Waals surface area contributed by atoms with E-state index in [1.165, 1.54) is 0 Å². The zero-order valence-corrected chi connectivity index (χ0v) is 16.4. The first-order valence-corrected chi connectivity index (χ1v) is 9.99. The maximum absolute atomic E-state index is 12.5. The number of nitrogens with one attached hydrogen (secondary N) is 1. The van der Waals surface area contributed by atoms with Crippen LogP contribution in [0.1, 0.15) is 37.1 Å². The highest BCUT2D eigenvalue weighted by Crippen LogP contribution is 2.16. The van der Waals surface area contributed by atoms with Crippen LogP contribution in [0, 0.1) is 13.8 Å². The van der Waals surface area contributed by atoms with Crippen molar-refractivity contribution in [3.05, 3.63) is 17.5 Å². The lowest BCUT2D eigenvalue weighted by molar-refractivity contribution is -0.140. The van der Waals surface area contributed by atoms with Crippen LogP contribution in [0.2, 0.25) is 0 Å².